The van der Waals surface area contributed by atoms with Crippen molar-refractivity contribution >= 4 is 33.5 Å². The van der Waals surface area contributed by atoms with Crippen LogP contribution in [0.3, 0.4) is 0 Å². The molecule has 4 aromatic rings. The average molecular weight is 462 g/mol. The third kappa shape index (κ3) is 4.14. The Labute approximate surface area is 198 Å². The number of benzene rings is 2. The van der Waals surface area contributed by atoms with Gasteiger partial charge in [0, 0.05) is 29.0 Å². The van der Waals surface area contributed by atoms with Crippen molar-refractivity contribution in [2.45, 2.75) is 56.8 Å². The lowest BCUT2D eigenvalue weighted by Gasteiger charge is -2.34. The molecule has 2 aromatic heterocycles. The highest BCUT2D eigenvalue weighted by Crippen LogP contribution is 2.42. The molecule has 6 heteroatoms. The van der Waals surface area contributed by atoms with Crippen LogP contribution in [0.15, 0.2) is 54.7 Å². The van der Waals surface area contributed by atoms with Gasteiger partial charge in [0.05, 0.1) is 36.5 Å². The maximum absolute atomic E-state index is 6.40. The van der Waals surface area contributed by atoms with Crippen LogP contribution in [-0.2, 0) is 16.1 Å². The van der Waals surface area contributed by atoms with E-state index in [0.29, 0.717) is 25.2 Å². The molecule has 1 aliphatic carbocycles. The number of ether oxygens (including phenoxy) is 2. The summed E-state index contributed by atoms with van der Waals surface area (Å²) in [6, 6.07) is 16.6. The molecule has 2 fully saturated rings. The van der Waals surface area contributed by atoms with Crippen LogP contribution in [0.4, 0.5) is 0 Å². The van der Waals surface area contributed by atoms with E-state index in [9.17, 15) is 0 Å². The number of halogens is 1. The molecule has 5 nitrogen and oxygen atoms in total. The van der Waals surface area contributed by atoms with E-state index in [-0.39, 0.29) is 6.10 Å². The zero-order valence-electron chi connectivity index (χ0n) is 18.6. The summed E-state index contributed by atoms with van der Waals surface area (Å²) in [5, 5.41) is 1.82. The van der Waals surface area contributed by atoms with Gasteiger partial charge in [-0.3, -0.25) is 4.98 Å². The first-order valence-electron chi connectivity index (χ1n) is 12.0. The number of nitrogens with zero attached hydrogens (tertiary/aromatic N) is 3. The molecule has 0 amide bonds. The van der Waals surface area contributed by atoms with Crippen LogP contribution in [0.5, 0.6) is 0 Å². The van der Waals surface area contributed by atoms with E-state index >= 15 is 0 Å². The molecule has 2 aromatic carbocycles. The predicted molar refractivity (Wildman–Crippen MR) is 131 cm³/mol. The summed E-state index contributed by atoms with van der Waals surface area (Å²) in [4.78, 5) is 9.76. The molecule has 0 spiro atoms. The maximum atomic E-state index is 6.40. The molecule has 6 rings (SSSR count). The van der Waals surface area contributed by atoms with E-state index in [0.717, 1.165) is 40.9 Å². The summed E-state index contributed by atoms with van der Waals surface area (Å²) in [6.07, 6.45) is 7.60. The van der Waals surface area contributed by atoms with Crippen LogP contribution in [0.1, 0.15) is 55.5 Å². The summed E-state index contributed by atoms with van der Waals surface area (Å²) in [7, 11) is 0. The fraction of sp³-hybridized carbons (Fsp3) is 0.407. The normalized spacial score (nSPS) is 21.5. The van der Waals surface area contributed by atoms with Crippen molar-refractivity contribution in [2.75, 3.05) is 13.2 Å². The molecule has 1 saturated heterocycles. The summed E-state index contributed by atoms with van der Waals surface area (Å²) >= 11 is 6.40. The molecule has 170 valence electrons. The van der Waals surface area contributed by atoms with E-state index in [2.05, 4.69) is 21.7 Å². The Balaban J connectivity index is 1.31. The van der Waals surface area contributed by atoms with Crippen molar-refractivity contribution in [3.63, 3.8) is 0 Å². The molecule has 0 N–H and O–H groups in total. The molecule has 0 unspecified atom stereocenters. The molecule has 1 aliphatic heterocycles. The molecule has 3 heterocycles. The van der Waals surface area contributed by atoms with Gasteiger partial charge >= 0.3 is 0 Å². The van der Waals surface area contributed by atoms with Crippen LogP contribution >= 0.6 is 11.6 Å². The Morgan fingerprint density at radius 3 is 2.76 bits per heavy atom. The fourth-order valence-corrected chi connectivity index (χ4v) is 5.36. The summed E-state index contributed by atoms with van der Waals surface area (Å²) in [5.74, 6) is 1.74. The van der Waals surface area contributed by atoms with Gasteiger partial charge in [-0.05, 0) is 49.4 Å². The first-order valence-corrected chi connectivity index (χ1v) is 12.3. The topological polar surface area (TPSA) is 49.2 Å². The first-order chi connectivity index (χ1) is 16.3. The third-order valence-corrected chi connectivity index (χ3v) is 7.33. The Morgan fingerprint density at radius 2 is 1.94 bits per heavy atom. The van der Waals surface area contributed by atoms with Crippen LogP contribution in [-0.4, -0.2) is 33.9 Å². The monoisotopic (exact) mass is 461 g/mol. The largest absolute Gasteiger partial charge is 0.376 e. The second-order valence-corrected chi connectivity index (χ2v) is 9.73. The number of fused-ring (bicyclic) bond motifs is 3. The highest BCUT2D eigenvalue weighted by molar-refractivity contribution is 6.31. The predicted octanol–water partition coefficient (Wildman–Crippen LogP) is 6.44. The van der Waals surface area contributed by atoms with Gasteiger partial charge < -0.3 is 14.0 Å². The lowest BCUT2D eigenvalue weighted by Crippen LogP contribution is -2.32. The highest BCUT2D eigenvalue weighted by atomic mass is 35.5. The highest BCUT2D eigenvalue weighted by Gasteiger charge is 2.32. The van der Waals surface area contributed by atoms with Gasteiger partial charge in [-0.15, -0.1) is 0 Å². The van der Waals surface area contributed by atoms with Gasteiger partial charge in [0.1, 0.15) is 11.3 Å². The lowest BCUT2D eigenvalue weighted by atomic mass is 9.84. The smallest absolute Gasteiger partial charge is 0.113 e. The van der Waals surface area contributed by atoms with E-state index in [4.69, 9.17) is 26.1 Å². The van der Waals surface area contributed by atoms with Gasteiger partial charge in [-0.1, -0.05) is 48.4 Å². The van der Waals surface area contributed by atoms with Gasteiger partial charge in [0.15, 0.2) is 0 Å². The first kappa shape index (κ1) is 21.1. The van der Waals surface area contributed by atoms with Crippen molar-refractivity contribution in [1.82, 2.24) is 14.5 Å². The Morgan fingerprint density at radius 1 is 1.06 bits per heavy atom. The third-order valence-electron chi connectivity index (χ3n) is 7.10. The number of imidazole rings is 1. The average Bonchev–Trinajstić information content (AvgIpc) is 3.18. The number of hydrogen-bond acceptors (Lipinski definition) is 4. The van der Waals surface area contributed by atoms with E-state index in [1.807, 2.05) is 42.6 Å². The zero-order valence-corrected chi connectivity index (χ0v) is 19.4. The molecule has 1 saturated carbocycles. The van der Waals surface area contributed by atoms with E-state index < -0.39 is 0 Å². The van der Waals surface area contributed by atoms with Crippen molar-refractivity contribution < 1.29 is 9.47 Å². The number of aromatic nitrogens is 3. The summed E-state index contributed by atoms with van der Waals surface area (Å²) in [6.45, 7) is 1.95. The lowest BCUT2D eigenvalue weighted by molar-refractivity contribution is -0.0583. The Hall–Kier alpha value is -2.47. The van der Waals surface area contributed by atoms with Gasteiger partial charge in [0.2, 0.25) is 0 Å². The molecule has 2 atom stereocenters. The number of hydrogen-bond donors (Lipinski definition) is 0. The minimum absolute atomic E-state index is 0.0795. The molecule has 33 heavy (non-hydrogen) atoms. The van der Waals surface area contributed by atoms with Crippen LogP contribution in [0, 0.1) is 0 Å². The van der Waals surface area contributed by atoms with Crippen molar-refractivity contribution in [1.29, 1.82) is 0 Å². The van der Waals surface area contributed by atoms with Crippen LogP contribution < -0.4 is 0 Å². The quantitative estimate of drug-likeness (QED) is 0.331. The second kappa shape index (κ2) is 9.05. The second-order valence-electron chi connectivity index (χ2n) is 9.29. The standard InChI is InChI=1S/C27H28ClN3O2/c28-20-9-10-24-23(13-20)26-25(15-29-24)30-27(19-7-4-8-19)31(26)21-11-12-33-22(14-21)17-32-16-18-5-2-1-3-6-18/h1-3,5-6,9-10,13,15,19,21-22H,4,7-8,11-12,14,16-17H2/t21-,22+/m1/s1. The molecule has 2 aliphatic rings. The van der Waals surface area contributed by atoms with Crippen molar-refractivity contribution in [3.05, 3.63) is 71.1 Å². The molecular formula is C27H28ClN3O2. The SMILES string of the molecule is Clc1ccc2ncc3nc(C4CCC4)n([C@@H]4CCO[C@H](COCc5ccccc5)C4)c3c2c1. The molecular weight excluding hydrogens is 434 g/mol. The Kier molecular flexibility index (Phi) is 5.78. The van der Waals surface area contributed by atoms with Gasteiger partial charge in [0.25, 0.3) is 0 Å². The molecule has 0 radical (unpaired) electrons. The van der Waals surface area contributed by atoms with Crippen LogP contribution in [0.25, 0.3) is 21.9 Å². The van der Waals surface area contributed by atoms with Crippen molar-refractivity contribution in [2.24, 2.45) is 0 Å². The van der Waals surface area contributed by atoms with E-state index in [1.54, 1.807) is 0 Å². The zero-order chi connectivity index (χ0) is 22.2. The number of rotatable bonds is 6. The molecule has 0 bridgehead atoms. The minimum atomic E-state index is 0.0795. The fourth-order valence-electron chi connectivity index (χ4n) is 5.18. The number of pyridine rings is 1. The van der Waals surface area contributed by atoms with Crippen LogP contribution in [0.2, 0.25) is 5.02 Å². The summed E-state index contributed by atoms with van der Waals surface area (Å²) in [5.41, 5.74) is 4.28. The van der Waals surface area contributed by atoms with Gasteiger partial charge in [-0.25, -0.2) is 4.98 Å². The maximum Gasteiger partial charge on any atom is 0.113 e. The van der Waals surface area contributed by atoms with Crippen molar-refractivity contribution in [3.8, 4) is 0 Å². The van der Waals surface area contributed by atoms with E-state index in [1.165, 1.54) is 36.2 Å². The minimum Gasteiger partial charge on any atom is -0.376 e. The summed E-state index contributed by atoms with van der Waals surface area (Å²) < 4.78 is 14.6. The Bertz CT molecular complexity index is 1270. The van der Waals surface area contributed by atoms with Gasteiger partial charge in [-0.2, -0.15) is 0 Å².